The van der Waals surface area contributed by atoms with Gasteiger partial charge in [0.1, 0.15) is 11.6 Å². The number of aromatic nitrogens is 4. The molecule has 0 spiro atoms. The van der Waals surface area contributed by atoms with Crippen LogP contribution in [0.4, 0.5) is 11.6 Å². The first-order valence-electron chi connectivity index (χ1n) is 14.2. The molecule has 0 saturated carbocycles. The molecule has 0 radical (unpaired) electrons. The molecule has 13 heteroatoms. The summed E-state index contributed by atoms with van der Waals surface area (Å²) < 4.78 is 0. The molecule has 0 bridgehead atoms. The number of carboxylic acid groups (broad SMARTS) is 4. The summed E-state index contributed by atoms with van der Waals surface area (Å²) in [6.45, 7) is 2.39. The van der Waals surface area contributed by atoms with Crippen molar-refractivity contribution in [2.45, 2.75) is 45.4 Å². The number of aromatic carboxylic acids is 4. The van der Waals surface area contributed by atoms with E-state index < -0.39 is 23.9 Å². The second-order valence-corrected chi connectivity index (χ2v) is 10.2. The lowest BCUT2D eigenvalue weighted by molar-refractivity contribution is 0.0685. The van der Waals surface area contributed by atoms with Crippen molar-refractivity contribution in [3.05, 3.63) is 83.2 Å². The molecule has 4 heterocycles. The molecule has 0 aliphatic rings. The lowest BCUT2D eigenvalue weighted by Gasteiger charge is -2.25. The van der Waals surface area contributed by atoms with Crippen molar-refractivity contribution in [1.29, 1.82) is 0 Å². The first-order valence-corrected chi connectivity index (χ1v) is 14.2. The predicted octanol–water partition coefficient (Wildman–Crippen LogP) is 5.89. The topological polar surface area (TPSA) is 204 Å². The van der Waals surface area contributed by atoms with E-state index in [4.69, 9.17) is 0 Å². The van der Waals surface area contributed by atoms with Crippen LogP contribution in [0, 0.1) is 0 Å². The SMILES string of the molecule is CCCCCCCCN(c1cc(C(=O)O)cc(-c2cc(C(=O)O)ccn2)n1)c1cc(C(=O)O)cc(-c2cc(C(=O)O)ccn2)n1. The Morgan fingerprint density at radius 2 is 0.956 bits per heavy atom. The Labute approximate surface area is 257 Å². The Balaban J connectivity index is 1.88. The van der Waals surface area contributed by atoms with Crippen LogP contribution in [0.1, 0.15) is 86.9 Å². The Morgan fingerprint density at radius 1 is 0.556 bits per heavy atom. The highest BCUT2D eigenvalue weighted by Crippen LogP contribution is 2.31. The molecule has 0 amide bonds. The van der Waals surface area contributed by atoms with Crippen LogP contribution in [-0.4, -0.2) is 70.8 Å². The molecular weight excluding hydrogens is 582 g/mol. The van der Waals surface area contributed by atoms with Gasteiger partial charge in [0.25, 0.3) is 0 Å². The Hall–Kier alpha value is -5.72. The molecule has 4 N–H and O–H groups in total. The molecule has 0 saturated heterocycles. The van der Waals surface area contributed by atoms with Crippen molar-refractivity contribution in [3.63, 3.8) is 0 Å². The first kappa shape index (κ1) is 32.2. The fourth-order valence-electron chi connectivity index (χ4n) is 4.62. The zero-order chi connectivity index (χ0) is 32.5. The van der Waals surface area contributed by atoms with E-state index >= 15 is 0 Å². The average molecular weight is 614 g/mol. The van der Waals surface area contributed by atoms with Gasteiger partial charge in [-0.05, 0) is 55.0 Å². The van der Waals surface area contributed by atoms with E-state index in [2.05, 4.69) is 26.9 Å². The maximum absolute atomic E-state index is 12.2. The van der Waals surface area contributed by atoms with Gasteiger partial charge < -0.3 is 25.3 Å². The van der Waals surface area contributed by atoms with Gasteiger partial charge in [-0.3, -0.25) is 9.97 Å². The highest BCUT2D eigenvalue weighted by Gasteiger charge is 2.21. The van der Waals surface area contributed by atoms with Crippen LogP contribution in [0.2, 0.25) is 0 Å². The van der Waals surface area contributed by atoms with Crippen molar-refractivity contribution >= 4 is 35.5 Å². The summed E-state index contributed by atoms with van der Waals surface area (Å²) in [6, 6.07) is 10.3. The Bertz CT molecular complexity index is 1620. The van der Waals surface area contributed by atoms with Gasteiger partial charge in [0.05, 0.1) is 45.0 Å². The lowest BCUT2D eigenvalue weighted by atomic mass is 10.1. The molecule has 0 aliphatic heterocycles. The highest BCUT2D eigenvalue weighted by molar-refractivity contribution is 5.93. The van der Waals surface area contributed by atoms with Gasteiger partial charge >= 0.3 is 23.9 Å². The van der Waals surface area contributed by atoms with Crippen LogP contribution >= 0.6 is 0 Å². The van der Waals surface area contributed by atoms with E-state index in [1.54, 1.807) is 4.90 Å². The minimum absolute atomic E-state index is 0.0652. The monoisotopic (exact) mass is 613 g/mol. The van der Waals surface area contributed by atoms with Crippen molar-refractivity contribution in [2.75, 3.05) is 11.4 Å². The van der Waals surface area contributed by atoms with Crippen LogP contribution in [0.25, 0.3) is 22.8 Å². The van der Waals surface area contributed by atoms with Gasteiger partial charge in [0, 0.05) is 18.9 Å². The zero-order valence-corrected chi connectivity index (χ0v) is 24.4. The van der Waals surface area contributed by atoms with Gasteiger partial charge in [-0.15, -0.1) is 0 Å². The van der Waals surface area contributed by atoms with E-state index in [9.17, 15) is 39.6 Å². The maximum Gasteiger partial charge on any atom is 0.335 e. The number of unbranched alkanes of at least 4 members (excludes halogenated alkanes) is 5. The molecular formula is C32H31N5O8. The van der Waals surface area contributed by atoms with Gasteiger partial charge in [-0.25, -0.2) is 29.1 Å². The van der Waals surface area contributed by atoms with Crippen LogP contribution in [0.5, 0.6) is 0 Å². The number of anilines is 2. The summed E-state index contributed by atoms with van der Waals surface area (Å²) in [5, 5.41) is 38.8. The third-order valence-electron chi connectivity index (χ3n) is 6.94. The second kappa shape index (κ2) is 14.6. The van der Waals surface area contributed by atoms with E-state index in [0.717, 1.165) is 32.1 Å². The molecule has 4 aromatic heterocycles. The second-order valence-electron chi connectivity index (χ2n) is 10.2. The van der Waals surface area contributed by atoms with Crippen molar-refractivity contribution in [2.24, 2.45) is 0 Å². The molecule has 0 aromatic carbocycles. The molecule has 0 aliphatic carbocycles. The summed E-state index contributed by atoms with van der Waals surface area (Å²) in [7, 11) is 0. The van der Waals surface area contributed by atoms with E-state index in [0.29, 0.717) is 6.42 Å². The molecule has 0 atom stereocenters. The standard InChI is InChI=1S/C32H31N5O8/c1-2-3-4-5-6-7-12-37(27-17-21(31(42)43)15-25(35-27)23-13-19(29(38)39)8-10-33-23)28-18-22(32(44)45)16-26(36-28)24-14-20(30(40)41)9-11-34-24/h8-11,13-18H,2-7,12H2,1H3,(H,38,39)(H,40,41)(H,42,43)(H,44,45). The quantitative estimate of drug-likeness (QED) is 0.116. The van der Waals surface area contributed by atoms with E-state index in [1.165, 1.54) is 60.9 Å². The smallest absolute Gasteiger partial charge is 0.335 e. The third kappa shape index (κ3) is 8.22. The third-order valence-corrected chi connectivity index (χ3v) is 6.94. The van der Waals surface area contributed by atoms with Crippen molar-refractivity contribution in [3.8, 4) is 22.8 Å². The van der Waals surface area contributed by atoms with Crippen LogP contribution < -0.4 is 4.90 Å². The van der Waals surface area contributed by atoms with Gasteiger partial charge in [-0.2, -0.15) is 0 Å². The first-order chi connectivity index (χ1) is 21.6. The van der Waals surface area contributed by atoms with Crippen LogP contribution in [0.15, 0.2) is 60.9 Å². The summed E-state index contributed by atoms with van der Waals surface area (Å²) in [4.78, 5) is 66.8. The number of nitrogens with zero attached hydrogens (tertiary/aromatic N) is 5. The van der Waals surface area contributed by atoms with Crippen molar-refractivity contribution in [1.82, 2.24) is 19.9 Å². The molecule has 45 heavy (non-hydrogen) atoms. The van der Waals surface area contributed by atoms with Crippen molar-refractivity contribution < 1.29 is 39.6 Å². The molecule has 4 rings (SSSR count). The normalized spacial score (nSPS) is 10.8. The Morgan fingerprint density at radius 3 is 1.38 bits per heavy atom. The fourth-order valence-corrected chi connectivity index (χ4v) is 4.62. The number of pyridine rings is 4. The number of carboxylic acids is 4. The van der Waals surface area contributed by atoms with Gasteiger partial charge in [0.15, 0.2) is 0 Å². The zero-order valence-electron chi connectivity index (χ0n) is 24.4. The van der Waals surface area contributed by atoms with Crippen LogP contribution in [0.3, 0.4) is 0 Å². The van der Waals surface area contributed by atoms with Gasteiger partial charge in [0.2, 0.25) is 0 Å². The van der Waals surface area contributed by atoms with E-state index in [-0.39, 0.29) is 63.2 Å². The number of hydrogen-bond acceptors (Lipinski definition) is 9. The summed E-state index contributed by atoms with van der Waals surface area (Å²) >= 11 is 0. The minimum Gasteiger partial charge on any atom is -0.478 e. The summed E-state index contributed by atoms with van der Waals surface area (Å²) in [5.74, 6) is -4.68. The fraction of sp³-hybridized carbons (Fsp3) is 0.250. The molecule has 13 nitrogen and oxygen atoms in total. The summed E-state index contributed by atoms with van der Waals surface area (Å²) in [6.07, 6.45) is 8.19. The van der Waals surface area contributed by atoms with Crippen LogP contribution in [-0.2, 0) is 0 Å². The lowest BCUT2D eigenvalue weighted by Crippen LogP contribution is -2.22. The maximum atomic E-state index is 12.2. The molecule has 0 fully saturated rings. The van der Waals surface area contributed by atoms with E-state index in [1.807, 2.05) is 0 Å². The molecule has 232 valence electrons. The average Bonchev–Trinajstić information content (AvgIpc) is 3.04. The Kier molecular flexibility index (Phi) is 10.5. The minimum atomic E-state index is -1.27. The number of rotatable bonds is 15. The molecule has 0 unspecified atom stereocenters. The largest absolute Gasteiger partial charge is 0.478 e. The summed E-state index contributed by atoms with van der Waals surface area (Å²) in [5.41, 5.74) is -0.0125. The highest BCUT2D eigenvalue weighted by atomic mass is 16.4. The molecule has 4 aromatic rings. The number of carbonyl (C=O) groups is 4. The number of hydrogen-bond donors (Lipinski definition) is 4. The van der Waals surface area contributed by atoms with Gasteiger partial charge in [-0.1, -0.05) is 39.0 Å². The predicted molar refractivity (Wildman–Crippen MR) is 163 cm³/mol.